The quantitative estimate of drug-likeness (QED) is 0.0694. The second-order valence-electron chi connectivity index (χ2n) is 26.8. The molecule has 15 nitrogen and oxygen atoms in total. The van der Waals surface area contributed by atoms with Gasteiger partial charge in [0.2, 0.25) is 0 Å². The van der Waals surface area contributed by atoms with Crippen molar-refractivity contribution in [3.63, 3.8) is 0 Å². The Bertz CT molecular complexity index is 6280. The lowest BCUT2D eigenvalue weighted by Crippen LogP contribution is -2.20. The Balaban J connectivity index is 0.000000116. The summed E-state index contributed by atoms with van der Waals surface area (Å²) < 4.78 is 5.17. The first-order valence-electron chi connectivity index (χ1n) is 35.5. The second kappa shape index (κ2) is 33.0. The lowest BCUT2D eigenvalue weighted by molar-refractivity contribution is -0.111. The van der Waals surface area contributed by atoms with Gasteiger partial charge in [0.15, 0.2) is 0 Å². The molecule has 17 heteroatoms. The maximum absolute atomic E-state index is 12.0. The molecule has 4 aliphatic heterocycles. The van der Waals surface area contributed by atoms with Crippen LogP contribution < -0.4 is 47.1 Å². The predicted molar refractivity (Wildman–Crippen MR) is 454 cm³/mol. The number of ether oxygens (including phenoxy) is 1. The fourth-order valence-corrected chi connectivity index (χ4v) is 14.3. The Morgan fingerprint density at radius 2 is 0.809 bits per heavy atom. The number of aromatic amines is 4. The number of phenols is 2. The number of H-pyrrole nitrogens is 4. The van der Waals surface area contributed by atoms with Gasteiger partial charge in [0, 0.05) is 126 Å². The van der Waals surface area contributed by atoms with Crippen LogP contribution in [0.15, 0.2) is 230 Å². The highest BCUT2D eigenvalue weighted by molar-refractivity contribution is 7.11. The number of methoxy groups -OCH3 is 1. The molecule has 10 N–H and O–H groups in total. The van der Waals surface area contributed by atoms with E-state index in [4.69, 9.17) is 16.3 Å². The molecule has 0 saturated heterocycles. The molecular formula is C93H79ClN8O7S. The van der Waals surface area contributed by atoms with E-state index in [0.29, 0.717) is 16.2 Å². The summed E-state index contributed by atoms with van der Waals surface area (Å²) in [5.74, 6) is 1.14. The molecule has 0 atom stereocenters. The smallest absolute Gasteiger partial charge is 0.256 e. The van der Waals surface area contributed by atoms with Crippen molar-refractivity contribution in [1.82, 2.24) is 19.9 Å². The number of aryl methyl sites for hydroxylation is 6. The fourth-order valence-electron chi connectivity index (χ4n) is 13.3. The van der Waals surface area contributed by atoms with Gasteiger partial charge in [0.25, 0.3) is 23.6 Å². The normalized spacial score (nSPS) is 14.5. The number of fused-ring (bicyclic) bond motifs is 6. The highest BCUT2D eigenvalue weighted by Gasteiger charge is 2.28. The minimum absolute atomic E-state index is 0.0148. The van der Waals surface area contributed by atoms with Gasteiger partial charge in [-0.25, -0.2) is 0 Å². The first kappa shape index (κ1) is 74.6. The number of nitrogens with one attached hydrogen (secondary N) is 8. The zero-order valence-electron chi connectivity index (χ0n) is 61.5. The largest absolute Gasteiger partial charge is 0.508 e. The summed E-state index contributed by atoms with van der Waals surface area (Å²) in [6.45, 7) is 20.1. The van der Waals surface area contributed by atoms with E-state index in [1.165, 1.54) is 10.9 Å². The lowest BCUT2D eigenvalue weighted by Gasteiger charge is -2.03. The van der Waals surface area contributed by atoms with Crippen LogP contribution in [0, 0.1) is 41.5 Å². The third-order valence-corrected chi connectivity index (χ3v) is 20.1. The summed E-state index contributed by atoms with van der Waals surface area (Å²) >= 11 is 7.66. The number of aromatic nitrogens is 4. The molecule has 5 aromatic heterocycles. The number of hydrogen-bond acceptors (Lipinski definition) is 8. The van der Waals surface area contributed by atoms with Crippen LogP contribution in [-0.4, -0.2) is 60.9 Å². The predicted octanol–water partition coefficient (Wildman–Crippen LogP) is 18.2. The van der Waals surface area contributed by atoms with Gasteiger partial charge in [-0.1, -0.05) is 146 Å². The van der Waals surface area contributed by atoms with Gasteiger partial charge in [0.05, 0.1) is 23.8 Å². The maximum Gasteiger partial charge on any atom is 0.256 e. The van der Waals surface area contributed by atoms with Gasteiger partial charge in [-0.05, 0) is 225 Å². The zero-order chi connectivity index (χ0) is 77.3. The minimum Gasteiger partial charge on any atom is -0.508 e. The summed E-state index contributed by atoms with van der Waals surface area (Å²) in [6, 6.07) is 71.4. The van der Waals surface area contributed by atoms with Crippen molar-refractivity contribution in [3.8, 4) is 17.2 Å². The molecule has 9 heterocycles. The molecule has 4 aliphatic rings. The van der Waals surface area contributed by atoms with E-state index in [1.54, 1.807) is 48.8 Å². The van der Waals surface area contributed by atoms with Crippen molar-refractivity contribution in [2.45, 2.75) is 41.5 Å². The Labute approximate surface area is 645 Å². The van der Waals surface area contributed by atoms with Gasteiger partial charge >= 0.3 is 0 Å². The number of anilines is 4. The Kier molecular flexibility index (Phi) is 22.4. The van der Waals surface area contributed by atoms with Gasteiger partial charge < -0.3 is 56.2 Å². The van der Waals surface area contributed by atoms with Gasteiger partial charge in [-0.2, -0.15) is 0 Å². The number of para-hydroxylation sites is 5. The number of phenolic OH excluding ortho intramolecular Hbond substituents is 2. The summed E-state index contributed by atoms with van der Waals surface area (Å²) in [7, 11) is 1.67. The van der Waals surface area contributed by atoms with E-state index in [1.807, 2.05) is 222 Å². The van der Waals surface area contributed by atoms with E-state index >= 15 is 0 Å². The molecule has 4 amide bonds. The molecule has 0 bridgehead atoms. The third-order valence-electron chi connectivity index (χ3n) is 18.9. The third kappa shape index (κ3) is 17.1. The van der Waals surface area contributed by atoms with Crippen LogP contribution in [0.5, 0.6) is 17.2 Å². The number of benzene rings is 9. The van der Waals surface area contributed by atoms with Crippen molar-refractivity contribution in [1.29, 1.82) is 0 Å². The second-order valence-corrected chi connectivity index (χ2v) is 28.1. The molecule has 14 aromatic rings. The lowest BCUT2D eigenvalue weighted by atomic mass is 10.0. The SMILES string of the molecule is C=c1[nH]c2ccccc2/c1=C\c1ccc(O)cc1.C=c1[nH]c2ccccc2/c1=C\c1ccc(OC)cc1.Cc1cc(C)c(/C=C2\C(=O)Nc3ccc(Cl)cc32)[nH]1.Cc1cc(C)c(/C=C2\C(=O)Nc3ccccc32)[nH]1.Cc1cc(O)ccc1/C=C1/C(=O)Nc2ccccc21.Cc1ccsc1/C=C1\C(=O)Nc2ccccc21. The van der Waals surface area contributed by atoms with Crippen molar-refractivity contribution >= 4 is 163 Å². The molecule has 0 fully saturated rings. The number of halogens is 1. The van der Waals surface area contributed by atoms with Crippen LogP contribution in [-0.2, 0) is 19.2 Å². The molecule has 9 aromatic carbocycles. The number of aromatic hydroxyl groups is 2. The van der Waals surface area contributed by atoms with Crippen LogP contribution in [0.2, 0.25) is 5.02 Å². The summed E-state index contributed by atoms with van der Waals surface area (Å²) in [5, 5.41) is 39.2. The summed E-state index contributed by atoms with van der Waals surface area (Å²) in [6.07, 6.45) is 11.8. The number of rotatable bonds is 7. The Morgan fingerprint density at radius 1 is 0.391 bits per heavy atom. The topological polar surface area (TPSA) is 229 Å². The van der Waals surface area contributed by atoms with Crippen molar-refractivity contribution < 1.29 is 34.1 Å². The van der Waals surface area contributed by atoms with Crippen LogP contribution in [0.3, 0.4) is 0 Å². The van der Waals surface area contributed by atoms with Gasteiger partial charge in [0.1, 0.15) is 17.2 Å². The maximum atomic E-state index is 12.0. The molecule has 18 rings (SSSR count). The average molecular weight is 1490 g/mol. The molecule has 0 aliphatic carbocycles. The van der Waals surface area contributed by atoms with Gasteiger partial charge in [-0.15, -0.1) is 11.3 Å². The first-order chi connectivity index (χ1) is 53.1. The number of carbonyl (C=O) groups excluding carboxylic acids is 4. The summed E-state index contributed by atoms with van der Waals surface area (Å²) in [5.41, 5.74) is 23.8. The fraction of sp³-hybridized carbons (Fsp3) is 0.0753. The monoisotopic (exact) mass is 1490 g/mol. The van der Waals surface area contributed by atoms with Crippen LogP contribution in [0.1, 0.15) is 88.9 Å². The van der Waals surface area contributed by atoms with Crippen LogP contribution in [0.25, 0.3) is 93.7 Å². The molecule has 0 radical (unpaired) electrons. The molecular weight excluding hydrogens is 1410 g/mol. The van der Waals surface area contributed by atoms with E-state index in [-0.39, 0.29) is 35.1 Å². The van der Waals surface area contributed by atoms with E-state index in [2.05, 4.69) is 110 Å². The molecule has 110 heavy (non-hydrogen) atoms. The number of thiophene rings is 1. The van der Waals surface area contributed by atoms with E-state index in [0.717, 1.165) is 160 Å². The number of hydrogen-bond donors (Lipinski definition) is 10. The van der Waals surface area contributed by atoms with E-state index in [9.17, 15) is 29.4 Å². The number of amides is 4. The summed E-state index contributed by atoms with van der Waals surface area (Å²) in [4.78, 5) is 62.1. The van der Waals surface area contributed by atoms with Gasteiger partial charge in [-0.3, -0.25) is 19.2 Å². The average Bonchev–Trinajstić information content (AvgIpc) is 1.65. The highest BCUT2D eigenvalue weighted by atomic mass is 35.5. The standard InChI is InChI=1S/C17H15NO.C16H13NO2.C16H13NO.C15H13ClN2O.C15H14N2O.C14H11NOS/c1-12-16(15-5-3-4-6-17(15)18-12)11-13-7-9-14(19-2)10-8-13;1-10-8-12(18)7-6-11(10)9-14-13-4-2-3-5-15(13)17-16(14)19;1-11-15(10-12-6-8-13(18)9-7-12)14-4-2-3-5-16(14)17-11;1-8-5-9(2)17-14(8)7-12-11-6-10(16)3-4-13(11)18-15(12)19;1-9-7-10(2)16-14(9)8-12-11-5-3-4-6-13(11)17-15(12)18;1-9-6-7-17-13(9)8-11-10-4-2-3-5-12(10)15-14(11)16/h3-11,18H,1H2,2H3;2-9,18H,1H3,(H,17,19);2-10,17-18H,1H2;3-7,17H,1-2H3,(H,18,19);3-8,16H,1-2H3,(H,17,18);2-8H,1H3,(H,15,16)/b16-11-;14-9+;15-10-;12-7-;12-8-;11-8-. The van der Waals surface area contributed by atoms with Crippen molar-refractivity contribution in [2.75, 3.05) is 28.4 Å². The van der Waals surface area contributed by atoms with E-state index < -0.39 is 0 Å². The molecule has 0 saturated carbocycles. The number of carbonyl (C=O) groups is 4. The minimum atomic E-state index is -0.0936. The molecule has 0 spiro atoms. The Morgan fingerprint density at radius 3 is 1.25 bits per heavy atom. The molecule has 0 unspecified atom stereocenters. The van der Waals surface area contributed by atoms with Crippen molar-refractivity contribution in [3.05, 3.63) is 345 Å². The zero-order valence-corrected chi connectivity index (χ0v) is 63.1. The highest BCUT2D eigenvalue weighted by Crippen LogP contribution is 2.38. The molecule has 546 valence electrons. The van der Waals surface area contributed by atoms with Crippen molar-refractivity contribution in [2.24, 2.45) is 0 Å². The first-order valence-corrected chi connectivity index (χ1v) is 36.7. The van der Waals surface area contributed by atoms with Crippen LogP contribution in [0.4, 0.5) is 22.7 Å². The van der Waals surface area contributed by atoms with Crippen LogP contribution >= 0.6 is 22.9 Å². The Hall–Kier alpha value is -13.7.